The molecular formula is C15H24BrN. The zero-order chi connectivity index (χ0) is 12.7. The topological polar surface area (TPSA) is 12.0 Å². The van der Waals surface area contributed by atoms with E-state index < -0.39 is 0 Å². The van der Waals surface area contributed by atoms with Gasteiger partial charge in [0.15, 0.2) is 0 Å². The monoisotopic (exact) mass is 297 g/mol. The van der Waals surface area contributed by atoms with Gasteiger partial charge in [-0.1, -0.05) is 55.3 Å². The minimum Gasteiger partial charge on any atom is -0.314 e. The molecule has 0 radical (unpaired) electrons. The summed E-state index contributed by atoms with van der Waals surface area (Å²) < 4.78 is 1.16. The molecule has 17 heavy (non-hydrogen) atoms. The van der Waals surface area contributed by atoms with Crippen LogP contribution in [0.4, 0.5) is 0 Å². The Labute approximate surface area is 114 Å². The van der Waals surface area contributed by atoms with Gasteiger partial charge in [0.2, 0.25) is 0 Å². The van der Waals surface area contributed by atoms with Crippen LogP contribution in [0, 0.1) is 5.92 Å². The van der Waals surface area contributed by atoms with Gasteiger partial charge in [0.05, 0.1) is 0 Å². The number of halogens is 1. The normalized spacial score (nSPS) is 14.6. The lowest BCUT2D eigenvalue weighted by Crippen LogP contribution is -2.35. The van der Waals surface area contributed by atoms with Gasteiger partial charge >= 0.3 is 0 Å². The molecule has 0 spiro atoms. The Bertz CT molecular complexity index is 301. The van der Waals surface area contributed by atoms with Gasteiger partial charge in [0, 0.05) is 10.5 Å². The number of benzene rings is 1. The fraction of sp³-hybridized carbons (Fsp3) is 0.600. The maximum Gasteiger partial charge on any atom is 0.0175 e. The SMILES string of the molecule is CCCC(NCC)C(C)Cc1ccc(Br)cc1. The molecule has 2 heteroatoms. The highest BCUT2D eigenvalue weighted by Gasteiger charge is 2.15. The molecule has 0 bridgehead atoms. The Kier molecular flexibility index (Phi) is 6.83. The molecule has 0 saturated heterocycles. The summed E-state index contributed by atoms with van der Waals surface area (Å²) in [4.78, 5) is 0. The molecule has 2 unspecified atom stereocenters. The van der Waals surface area contributed by atoms with Crippen LogP contribution in [-0.2, 0) is 6.42 Å². The van der Waals surface area contributed by atoms with E-state index in [-0.39, 0.29) is 0 Å². The van der Waals surface area contributed by atoms with Gasteiger partial charge < -0.3 is 5.32 Å². The Balaban J connectivity index is 2.55. The second-order valence-electron chi connectivity index (χ2n) is 4.76. The van der Waals surface area contributed by atoms with E-state index in [1.54, 1.807) is 0 Å². The molecule has 0 heterocycles. The van der Waals surface area contributed by atoms with Crippen LogP contribution in [0.15, 0.2) is 28.7 Å². The summed E-state index contributed by atoms with van der Waals surface area (Å²) in [6, 6.07) is 9.34. The molecule has 0 aliphatic heterocycles. The van der Waals surface area contributed by atoms with Crippen molar-refractivity contribution >= 4 is 15.9 Å². The van der Waals surface area contributed by atoms with Crippen molar-refractivity contribution in [1.29, 1.82) is 0 Å². The van der Waals surface area contributed by atoms with Gasteiger partial charge in [0.1, 0.15) is 0 Å². The summed E-state index contributed by atoms with van der Waals surface area (Å²) in [5, 5.41) is 3.61. The van der Waals surface area contributed by atoms with E-state index in [0.29, 0.717) is 12.0 Å². The van der Waals surface area contributed by atoms with Crippen molar-refractivity contribution in [1.82, 2.24) is 5.32 Å². The number of hydrogen-bond acceptors (Lipinski definition) is 1. The van der Waals surface area contributed by atoms with Crippen LogP contribution in [0.5, 0.6) is 0 Å². The van der Waals surface area contributed by atoms with E-state index in [9.17, 15) is 0 Å². The molecule has 0 aliphatic carbocycles. The van der Waals surface area contributed by atoms with Gasteiger partial charge in [0.25, 0.3) is 0 Å². The average molecular weight is 298 g/mol. The van der Waals surface area contributed by atoms with Gasteiger partial charge in [-0.25, -0.2) is 0 Å². The molecule has 0 saturated carbocycles. The molecule has 0 amide bonds. The summed E-state index contributed by atoms with van der Waals surface area (Å²) in [5.74, 6) is 0.691. The number of hydrogen-bond donors (Lipinski definition) is 1. The summed E-state index contributed by atoms with van der Waals surface area (Å²) in [6.07, 6.45) is 3.68. The summed E-state index contributed by atoms with van der Waals surface area (Å²) >= 11 is 3.48. The van der Waals surface area contributed by atoms with E-state index in [1.807, 2.05) is 0 Å². The van der Waals surface area contributed by atoms with Crippen LogP contribution < -0.4 is 5.32 Å². The molecule has 1 rings (SSSR count). The van der Waals surface area contributed by atoms with Crippen LogP contribution in [0.1, 0.15) is 39.2 Å². The Morgan fingerprint density at radius 3 is 2.35 bits per heavy atom. The van der Waals surface area contributed by atoms with Gasteiger partial charge in [-0.15, -0.1) is 0 Å². The fourth-order valence-electron chi connectivity index (χ4n) is 2.30. The highest BCUT2D eigenvalue weighted by Crippen LogP contribution is 2.17. The van der Waals surface area contributed by atoms with Crippen LogP contribution in [0.2, 0.25) is 0 Å². The molecule has 1 aromatic carbocycles. The van der Waals surface area contributed by atoms with Crippen LogP contribution in [0.3, 0.4) is 0 Å². The molecule has 1 aromatic rings. The lowest BCUT2D eigenvalue weighted by molar-refractivity contribution is 0.358. The van der Waals surface area contributed by atoms with E-state index >= 15 is 0 Å². The quantitative estimate of drug-likeness (QED) is 0.786. The predicted molar refractivity (Wildman–Crippen MR) is 79.4 cm³/mol. The van der Waals surface area contributed by atoms with E-state index in [0.717, 1.165) is 17.4 Å². The van der Waals surface area contributed by atoms with Gasteiger partial charge in [-0.3, -0.25) is 0 Å². The highest BCUT2D eigenvalue weighted by molar-refractivity contribution is 9.10. The maximum atomic E-state index is 3.61. The smallest absolute Gasteiger partial charge is 0.0175 e. The Morgan fingerprint density at radius 1 is 1.18 bits per heavy atom. The summed E-state index contributed by atoms with van der Waals surface area (Å²) in [6.45, 7) is 7.87. The summed E-state index contributed by atoms with van der Waals surface area (Å²) in [7, 11) is 0. The predicted octanol–water partition coefficient (Wildman–Crippen LogP) is 4.41. The average Bonchev–Trinajstić information content (AvgIpc) is 2.32. The standard InChI is InChI=1S/C15H24BrN/c1-4-6-15(17-5-2)12(3)11-13-7-9-14(16)10-8-13/h7-10,12,15,17H,4-6,11H2,1-3H3. The van der Waals surface area contributed by atoms with Gasteiger partial charge in [-0.05, 0) is 43.0 Å². The third-order valence-electron chi connectivity index (χ3n) is 3.22. The second kappa shape index (κ2) is 7.88. The Morgan fingerprint density at radius 2 is 1.82 bits per heavy atom. The fourth-order valence-corrected chi connectivity index (χ4v) is 2.56. The molecule has 0 fully saturated rings. The third-order valence-corrected chi connectivity index (χ3v) is 3.75. The van der Waals surface area contributed by atoms with Crippen molar-refractivity contribution in [3.05, 3.63) is 34.3 Å². The van der Waals surface area contributed by atoms with Crippen LogP contribution >= 0.6 is 15.9 Å². The Hall–Kier alpha value is -0.340. The van der Waals surface area contributed by atoms with Crippen molar-refractivity contribution in [2.24, 2.45) is 5.92 Å². The maximum absolute atomic E-state index is 3.61. The molecular weight excluding hydrogens is 274 g/mol. The molecule has 0 aliphatic rings. The first-order chi connectivity index (χ1) is 8.17. The van der Waals surface area contributed by atoms with E-state index in [1.165, 1.54) is 18.4 Å². The zero-order valence-corrected chi connectivity index (χ0v) is 12.8. The molecule has 0 aromatic heterocycles. The lowest BCUT2D eigenvalue weighted by Gasteiger charge is -2.24. The molecule has 96 valence electrons. The first-order valence-corrected chi connectivity index (χ1v) is 7.44. The van der Waals surface area contributed by atoms with Crippen molar-refractivity contribution in [2.75, 3.05) is 6.54 Å². The largest absolute Gasteiger partial charge is 0.314 e. The highest BCUT2D eigenvalue weighted by atomic mass is 79.9. The van der Waals surface area contributed by atoms with Gasteiger partial charge in [-0.2, -0.15) is 0 Å². The first kappa shape index (κ1) is 14.7. The van der Waals surface area contributed by atoms with Crippen molar-refractivity contribution in [3.8, 4) is 0 Å². The van der Waals surface area contributed by atoms with Crippen LogP contribution in [0.25, 0.3) is 0 Å². The zero-order valence-electron chi connectivity index (χ0n) is 11.2. The first-order valence-electron chi connectivity index (χ1n) is 6.65. The minimum atomic E-state index is 0.647. The van der Waals surface area contributed by atoms with E-state index in [2.05, 4.69) is 66.3 Å². The number of nitrogens with one attached hydrogen (secondary N) is 1. The van der Waals surface area contributed by atoms with Crippen molar-refractivity contribution in [2.45, 2.75) is 46.1 Å². The van der Waals surface area contributed by atoms with Crippen molar-refractivity contribution in [3.63, 3.8) is 0 Å². The lowest BCUT2D eigenvalue weighted by atomic mass is 9.91. The third kappa shape index (κ3) is 5.22. The molecule has 1 N–H and O–H groups in total. The van der Waals surface area contributed by atoms with Crippen LogP contribution in [-0.4, -0.2) is 12.6 Å². The minimum absolute atomic E-state index is 0.647. The molecule has 2 atom stereocenters. The van der Waals surface area contributed by atoms with E-state index in [4.69, 9.17) is 0 Å². The molecule has 1 nitrogen and oxygen atoms in total. The summed E-state index contributed by atoms with van der Waals surface area (Å²) in [5.41, 5.74) is 1.43. The second-order valence-corrected chi connectivity index (χ2v) is 5.68. The van der Waals surface area contributed by atoms with Crippen molar-refractivity contribution < 1.29 is 0 Å². The number of rotatable bonds is 7.